The van der Waals surface area contributed by atoms with E-state index >= 15 is 0 Å². The van der Waals surface area contributed by atoms with Crippen LogP contribution in [0.15, 0.2) is 12.4 Å². The summed E-state index contributed by atoms with van der Waals surface area (Å²) in [7, 11) is 0. The van der Waals surface area contributed by atoms with Crippen molar-refractivity contribution in [1.82, 2.24) is 19.6 Å². The maximum absolute atomic E-state index is 12.7. The number of hydrogen-bond donors (Lipinski definition) is 0. The smallest absolute Gasteiger partial charge is 0.257 e. The van der Waals surface area contributed by atoms with Crippen LogP contribution in [0.5, 0.6) is 0 Å². The molecule has 0 N–H and O–H groups in total. The van der Waals surface area contributed by atoms with Crippen molar-refractivity contribution in [3.05, 3.63) is 18.0 Å². The van der Waals surface area contributed by atoms with Gasteiger partial charge in [0.1, 0.15) is 0 Å². The third kappa shape index (κ3) is 3.93. The van der Waals surface area contributed by atoms with E-state index in [4.69, 9.17) is 4.74 Å². The predicted molar refractivity (Wildman–Crippen MR) is 88.5 cm³/mol. The van der Waals surface area contributed by atoms with Gasteiger partial charge < -0.3 is 9.64 Å². The van der Waals surface area contributed by atoms with Gasteiger partial charge in [-0.3, -0.25) is 14.4 Å². The monoisotopic (exact) mass is 320 g/mol. The van der Waals surface area contributed by atoms with Gasteiger partial charge in [-0.2, -0.15) is 5.10 Å². The molecular weight excluding hydrogens is 292 g/mol. The summed E-state index contributed by atoms with van der Waals surface area (Å²) in [5.41, 5.74) is 0.707. The topological polar surface area (TPSA) is 50.6 Å². The standard InChI is InChI=1S/C17H28N4O2/c1-14(2)21-13-15(12-18-21)17(22)20-7-3-6-19(8-9-20)16-4-10-23-11-5-16/h12-14,16H,3-11H2,1-2H3. The zero-order chi connectivity index (χ0) is 16.2. The van der Waals surface area contributed by atoms with Crippen LogP contribution in [-0.2, 0) is 4.74 Å². The molecule has 2 aliphatic heterocycles. The molecule has 2 aliphatic rings. The van der Waals surface area contributed by atoms with Crippen molar-refractivity contribution in [2.24, 2.45) is 0 Å². The number of carbonyl (C=O) groups is 1. The van der Waals surface area contributed by atoms with Gasteiger partial charge in [-0.1, -0.05) is 0 Å². The lowest BCUT2D eigenvalue weighted by molar-refractivity contribution is 0.0351. The van der Waals surface area contributed by atoms with Crippen molar-refractivity contribution in [2.45, 2.75) is 45.2 Å². The zero-order valence-corrected chi connectivity index (χ0v) is 14.3. The molecule has 0 saturated carbocycles. The number of ether oxygens (including phenoxy) is 1. The Bertz CT molecular complexity index is 522. The molecule has 128 valence electrons. The molecule has 0 spiro atoms. The van der Waals surface area contributed by atoms with Crippen molar-refractivity contribution in [3.63, 3.8) is 0 Å². The minimum atomic E-state index is 0.116. The van der Waals surface area contributed by atoms with E-state index in [0.29, 0.717) is 11.6 Å². The summed E-state index contributed by atoms with van der Waals surface area (Å²) in [6, 6.07) is 0.909. The van der Waals surface area contributed by atoms with E-state index in [9.17, 15) is 4.79 Å². The van der Waals surface area contributed by atoms with E-state index in [-0.39, 0.29) is 11.9 Å². The first kappa shape index (κ1) is 16.5. The van der Waals surface area contributed by atoms with Gasteiger partial charge in [0.25, 0.3) is 5.91 Å². The highest BCUT2D eigenvalue weighted by Gasteiger charge is 2.26. The highest BCUT2D eigenvalue weighted by Crippen LogP contribution is 2.17. The maximum Gasteiger partial charge on any atom is 0.257 e. The van der Waals surface area contributed by atoms with Gasteiger partial charge in [-0.25, -0.2) is 0 Å². The lowest BCUT2D eigenvalue weighted by Crippen LogP contribution is -2.42. The molecule has 23 heavy (non-hydrogen) atoms. The fraction of sp³-hybridized carbons (Fsp3) is 0.765. The average Bonchev–Trinajstić information content (AvgIpc) is 2.94. The Morgan fingerprint density at radius 3 is 2.70 bits per heavy atom. The van der Waals surface area contributed by atoms with Crippen LogP contribution in [0.4, 0.5) is 0 Å². The van der Waals surface area contributed by atoms with Gasteiger partial charge in [0.05, 0.1) is 11.8 Å². The lowest BCUT2D eigenvalue weighted by Gasteiger charge is -2.33. The first-order chi connectivity index (χ1) is 11.1. The Morgan fingerprint density at radius 2 is 2.00 bits per heavy atom. The van der Waals surface area contributed by atoms with Crippen molar-refractivity contribution in [1.29, 1.82) is 0 Å². The summed E-state index contributed by atoms with van der Waals surface area (Å²) in [5.74, 6) is 0.116. The number of aromatic nitrogens is 2. The quantitative estimate of drug-likeness (QED) is 0.852. The van der Waals surface area contributed by atoms with Crippen LogP contribution in [0, 0.1) is 0 Å². The van der Waals surface area contributed by atoms with Gasteiger partial charge in [0, 0.05) is 57.7 Å². The van der Waals surface area contributed by atoms with Crippen LogP contribution in [0.25, 0.3) is 0 Å². The predicted octanol–water partition coefficient (Wildman–Crippen LogP) is 1.79. The summed E-state index contributed by atoms with van der Waals surface area (Å²) in [5, 5.41) is 4.29. The Balaban J connectivity index is 1.59. The minimum Gasteiger partial charge on any atom is -0.381 e. The van der Waals surface area contributed by atoms with Crippen molar-refractivity contribution in [2.75, 3.05) is 39.4 Å². The van der Waals surface area contributed by atoms with Gasteiger partial charge >= 0.3 is 0 Å². The van der Waals surface area contributed by atoms with Crippen molar-refractivity contribution < 1.29 is 9.53 Å². The minimum absolute atomic E-state index is 0.116. The second-order valence-corrected chi connectivity index (χ2v) is 6.83. The van der Waals surface area contributed by atoms with Gasteiger partial charge in [0.2, 0.25) is 0 Å². The molecule has 0 bridgehead atoms. The first-order valence-corrected chi connectivity index (χ1v) is 8.80. The van der Waals surface area contributed by atoms with Crippen LogP contribution in [0.2, 0.25) is 0 Å². The highest BCUT2D eigenvalue weighted by atomic mass is 16.5. The van der Waals surface area contributed by atoms with E-state index in [2.05, 4.69) is 23.8 Å². The van der Waals surface area contributed by atoms with Crippen LogP contribution in [0.3, 0.4) is 0 Å². The maximum atomic E-state index is 12.7. The van der Waals surface area contributed by atoms with Crippen molar-refractivity contribution in [3.8, 4) is 0 Å². The molecule has 2 fully saturated rings. The van der Waals surface area contributed by atoms with Crippen LogP contribution >= 0.6 is 0 Å². The number of hydrogen-bond acceptors (Lipinski definition) is 4. The molecule has 3 heterocycles. The van der Waals surface area contributed by atoms with E-state index in [1.54, 1.807) is 6.20 Å². The SMILES string of the molecule is CC(C)n1cc(C(=O)N2CCCN(C3CCOCC3)CC2)cn1. The highest BCUT2D eigenvalue weighted by molar-refractivity contribution is 5.93. The van der Waals surface area contributed by atoms with Crippen LogP contribution < -0.4 is 0 Å². The summed E-state index contributed by atoms with van der Waals surface area (Å²) in [6.07, 6.45) is 6.85. The normalized spacial score (nSPS) is 21.6. The van der Waals surface area contributed by atoms with Gasteiger partial charge in [-0.05, 0) is 33.1 Å². The summed E-state index contributed by atoms with van der Waals surface area (Å²) < 4.78 is 7.31. The fourth-order valence-electron chi connectivity index (χ4n) is 3.47. The number of rotatable bonds is 3. The largest absolute Gasteiger partial charge is 0.381 e. The molecular formula is C17H28N4O2. The second-order valence-electron chi connectivity index (χ2n) is 6.83. The Morgan fingerprint density at radius 1 is 1.22 bits per heavy atom. The number of amides is 1. The van der Waals surface area contributed by atoms with E-state index in [1.165, 1.54) is 0 Å². The van der Waals surface area contributed by atoms with E-state index in [0.717, 1.165) is 58.7 Å². The Hall–Kier alpha value is -1.40. The Labute approximate surface area is 138 Å². The molecule has 0 unspecified atom stereocenters. The molecule has 6 nitrogen and oxygen atoms in total. The molecule has 6 heteroatoms. The Kier molecular flexibility index (Phi) is 5.33. The number of nitrogens with zero attached hydrogens (tertiary/aromatic N) is 4. The summed E-state index contributed by atoms with van der Waals surface area (Å²) in [6.45, 7) is 9.58. The van der Waals surface area contributed by atoms with Crippen LogP contribution in [-0.4, -0.2) is 70.9 Å². The lowest BCUT2D eigenvalue weighted by atomic mass is 10.1. The fourth-order valence-corrected chi connectivity index (χ4v) is 3.47. The molecule has 1 aromatic rings. The first-order valence-electron chi connectivity index (χ1n) is 8.80. The summed E-state index contributed by atoms with van der Waals surface area (Å²) >= 11 is 0. The average molecular weight is 320 g/mol. The third-order valence-electron chi connectivity index (χ3n) is 4.90. The van der Waals surface area contributed by atoms with E-state index in [1.807, 2.05) is 15.8 Å². The zero-order valence-electron chi connectivity index (χ0n) is 14.3. The third-order valence-corrected chi connectivity index (χ3v) is 4.90. The molecule has 2 saturated heterocycles. The van der Waals surface area contributed by atoms with Gasteiger partial charge in [0.15, 0.2) is 0 Å². The van der Waals surface area contributed by atoms with Crippen LogP contribution in [0.1, 0.15) is 49.5 Å². The molecule has 0 aliphatic carbocycles. The molecule has 0 atom stereocenters. The number of carbonyl (C=O) groups excluding carboxylic acids is 1. The van der Waals surface area contributed by atoms with Crippen molar-refractivity contribution >= 4 is 5.91 Å². The summed E-state index contributed by atoms with van der Waals surface area (Å²) in [4.78, 5) is 17.2. The molecule has 3 rings (SSSR count). The molecule has 1 aromatic heterocycles. The molecule has 1 amide bonds. The molecule has 0 aromatic carbocycles. The van der Waals surface area contributed by atoms with Gasteiger partial charge in [-0.15, -0.1) is 0 Å². The second kappa shape index (κ2) is 7.45. The van der Waals surface area contributed by atoms with E-state index < -0.39 is 0 Å². The molecule has 0 radical (unpaired) electrons.